The number of pyridine rings is 2. The van der Waals surface area contributed by atoms with Crippen molar-refractivity contribution >= 4 is 21.6 Å². The molecule has 1 atom stereocenters. The molecule has 1 aromatic carbocycles. The first kappa shape index (κ1) is 21.0. The Kier molecular flexibility index (Phi) is 5.26. The zero-order valence-electron chi connectivity index (χ0n) is 17.8. The Labute approximate surface area is 182 Å². The van der Waals surface area contributed by atoms with Gasteiger partial charge in [-0.15, -0.1) is 0 Å². The Morgan fingerprint density at radius 2 is 1.77 bits per heavy atom. The van der Waals surface area contributed by atoms with Gasteiger partial charge in [-0.1, -0.05) is 32.9 Å². The lowest BCUT2D eigenvalue weighted by Gasteiger charge is -2.19. The first-order valence-corrected chi connectivity index (χ1v) is 11.3. The molecule has 0 spiro atoms. The third-order valence-electron chi connectivity index (χ3n) is 5.05. The molecule has 0 bridgehead atoms. The lowest BCUT2D eigenvalue weighted by molar-refractivity contribution is 0.407. The molecule has 8 heteroatoms. The Morgan fingerprint density at radius 1 is 1.03 bits per heavy atom. The quantitative estimate of drug-likeness (QED) is 0.627. The summed E-state index contributed by atoms with van der Waals surface area (Å²) in [7, 11) is -2.23. The minimum atomic E-state index is -3.78. The maximum absolute atomic E-state index is 12.9. The molecule has 3 aromatic rings. The van der Waals surface area contributed by atoms with Crippen LogP contribution in [-0.4, -0.2) is 31.2 Å². The molecule has 0 saturated carbocycles. The van der Waals surface area contributed by atoms with E-state index in [1.165, 1.54) is 0 Å². The van der Waals surface area contributed by atoms with Crippen LogP contribution >= 0.6 is 0 Å². The van der Waals surface area contributed by atoms with Crippen LogP contribution in [-0.2, 0) is 15.4 Å². The second kappa shape index (κ2) is 7.77. The first-order valence-electron chi connectivity index (χ1n) is 9.85. The fourth-order valence-electron chi connectivity index (χ4n) is 3.26. The summed E-state index contributed by atoms with van der Waals surface area (Å²) >= 11 is 0. The van der Waals surface area contributed by atoms with Crippen LogP contribution in [0.4, 0.5) is 5.82 Å². The summed E-state index contributed by atoms with van der Waals surface area (Å²) in [5, 5.41) is 0. The molecule has 3 heterocycles. The van der Waals surface area contributed by atoms with Gasteiger partial charge >= 0.3 is 0 Å². The van der Waals surface area contributed by atoms with E-state index in [-0.39, 0.29) is 22.2 Å². The van der Waals surface area contributed by atoms with Crippen molar-refractivity contribution in [2.75, 3.05) is 11.8 Å². The molecule has 0 radical (unpaired) electrons. The number of nitrogens with one attached hydrogen (secondary N) is 1. The molecule has 31 heavy (non-hydrogen) atoms. The Hall–Kier alpha value is -3.26. The number of aliphatic imine (C=N–C) groups is 1. The minimum Gasteiger partial charge on any atom is -0.495 e. The average molecular weight is 437 g/mol. The predicted molar refractivity (Wildman–Crippen MR) is 120 cm³/mol. The zero-order chi connectivity index (χ0) is 22.2. The van der Waals surface area contributed by atoms with Crippen LogP contribution in [0, 0.1) is 0 Å². The van der Waals surface area contributed by atoms with E-state index in [0.29, 0.717) is 11.4 Å². The molecule has 1 aliphatic rings. The van der Waals surface area contributed by atoms with E-state index in [2.05, 4.69) is 40.5 Å². The zero-order valence-corrected chi connectivity index (χ0v) is 18.6. The van der Waals surface area contributed by atoms with Crippen molar-refractivity contribution in [3.63, 3.8) is 0 Å². The number of rotatable bonds is 6. The van der Waals surface area contributed by atoms with E-state index >= 15 is 0 Å². The van der Waals surface area contributed by atoms with E-state index in [1.807, 2.05) is 24.3 Å². The highest BCUT2D eigenvalue weighted by Crippen LogP contribution is 2.39. The van der Waals surface area contributed by atoms with Gasteiger partial charge < -0.3 is 4.74 Å². The monoisotopic (exact) mass is 436 g/mol. The van der Waals surface area contributed by atoms with Gasteiger partial charge in [-0.3, -0.25) is 14.7 Å². The van der Waals surface area contributed by atoms with Crippen molar-refractivity contribution in [3.8, 4) is 5.75 Å². The third kappa shape index (κ3) is 4.44. The number of benzene rings is 1. The highest BCUT2D eigenvalue weighted by atomic mass is 32.2. The van der Waals surface area contributed by atoms with Gasteiger partial charge in [0, 0.05) is 18.0 Å². The summed E-state index contributed by atoms with van der Waals surface area (Å²) in [6, 6.07) is 13.6. The molecule has 0 saturated heterocycles. The topological polar surface area (TPSA) is 93.5 Å². The minimum absolute atomic E-state index is 0.0571. The van der Waals surface area contributed by atoms with Gasteiger partial charge in [0.25, 0.3) is 10.0 Å². The molecule has 1 aliphatic heterocycles. The number of methoxy groups -OCH3 is 1. The normalized spacial score (nSPS) is 15.9. The highest BCUT2D eigenvalue weighted by molar-refractivity contribution is 7.92. The average Bonchev–Trinajstić information content (AvgIpc) is 3.54. The number of sulfonamides is 1. The van der Waals surface area contributed by atoms with Crippen LogP contribution in [0.5, 0.6) is 5.75 Å². The fourth-order valence-corrected chi connectivity index (χ4v) is 4.26. The fraction of sp³-hybridized carbons (Fsp3) is 0.261. The van der Waals surface area contributed by atoms with Crippen molar-refractivity contribution in [3.05, 3.63) is 77.7 Å². The van der Waals surface area contributed by atoms with Crippen LogP contribution in [0.3, 0.4) is 0 Å². The summed E-state index contributed by atoms with van der Waals surface area (Å²) in [6.07, 6.45) is 3.43. The number of hydrogen-bond acceptors (Lipinski definition) is 6. The largest absolute Gasteiger partial charge is 0.495 e. The van der Waals surface area contributed by atoms with Crippen molar-refractivity contribution in [1.29, 1.82) is 0 Å². The lowest BCUT2D eigenvalue weighted by atomic mass is 9.87. The molecule has 4 rings (SSSR count). The van der Waals surface area contributed by atoms with E-state index in [1.54, 1.807) is 43.8 Å². The molecular formula is C23H24N4O3S. The van der Waals surface area contributed by atoms with Gasteiger partial charge in [0.15, 0.2) is 0 Å². The summed E-state index contributed by atoms with van der Waals surface area (Å²) in [4.78, 5) is 13.3. The van der Waals surface area contributed by atoms with E-state index in [9.17, 15) is 8.42 Å². The van der Waals surface area contributed by atoms with Crippen LogP contribution in [0.15, 0.2) is 70.8 Å². The molecule has 0 fully saturated rings. The summed E-state index contributed by atoms with van der Waals surface area (Å²) < 4.78 is 33.7. The van der Waals surface area contributed by atoms with Crippen LogP contribution in [0.2, 0.25) is 0 Å². The number of ether oxygens (including phenoxy) is 1. The Balaban J connectivity index is 1.57. The molecule has 0 aliphatic carbocycles. The van der Waals surface area contributed by atoms with Gasteiger partial charge in [-0.05, 0) is 47.4 Å². The van der Waals surface area contributed by atoms with Crippen molar-refractivity contribution in [1.82, 2.24) is 9.97 Å². The molecule has 0 amide bonds. The first-order chi connectivity index (χ1) is 14.7. The maximum Gasteiger partial charge on any atom is 0.263 e. The van der Waals surface area contributed by atoms with Crippen molar-refractivity contribution < 1.29 is 13.2 Å². The Morgan fingerprint density at radius 3 is 2.39 bits per heavy atom. The van der Waals surface area contributed by atoms with Crippen LogP contribution in [0.25, 0.3) is 0 Å². The SMILES string of the molecule is COc1ccc(NS(=O)(=O)c2ccc(C(C)(C)C)cc2)nc1C1N=C1c1cccnc1. The summed E-state index contributed by atoms with van der Waals surface area (Å²) in [6.45, 7) is 6.24. The molecule has 7 nitrogen and oxygen atoms in total. The van der Waals surface area contributed by atoms with E-state index < -0.39 is 10.0 Å². The van der Waals surface area contributed by atoms with Crippen molar-refractivity contribution in [2.45, 2.75) is 37.1 Å². The molecule has 1 unspecified atom stereocenters. The summed E-state index contributed by atoms with van der Waals surface area (Å²) in [5.74, 6) is 0.758. The Bertz CT molecular complexity index is 1230. The standard InChI is InChI=1S/C23H24N4O3S/c1-23(2,3)16-7-9-17(10-8-16)31(28,29)27-19-12-11-18(30-4)21(25-19)22-20(26-22)15-6-5-13-24-14-15/h5-14,22H,1-4H3,(H,25,27). The maximum atomic E-state index is 12.9. The third-order valence-corrected chi connectivity index (χ3v) is 6.42. The predicted octanol–water partition coefficient (Wildman–Crippen LogP) is 4.13. The number of hydrogen-bond donors (Lipinski definition) is 1. The molecule has 2 aromatic heterocycles. The number of nitrogens with zero attached hydrogens (tertiary/aromatic N) is 3. The van der Waals surface area contributed by atoms with Crippen LogP contribution < -0.4 is 9.46 Å². The molecule has 1 N–H and O–H groups in total. The lowest BCUT2D eigenvalue weighted by Crippen LogP contribution is -2.16. The summed E-state index contributed by atoms with van der Waals surface area (Å²) in [5.41, 5.74) is 3.31. The second-order valence-corrected chi connectivity index (χ2v) is 10.0. The second-order valence-electron chi connectivity index (χ2n) is 8.32. The van der Waals surface area contributed by atoms with Crippen LogP contribution in [0.1, 0.15) is 43.6 Å². The van der Waals surface area contributed by atoms with E-state index in [4.69, 9.17) is 4.74 Å². The number of anilines is 1. The van der Waals surface area contributed by atoms with Gasteiger partial charge in [0.1, 0.15) is 23.3 Å². The number of aromatic nitrogens is 2. The van der Waals surface area contributed by atoms with Gasteiger partial charge in [-0.25, -0.2) is 13.4 Å². The van der Waals surface area contributed by atoms with Gasteiger partial charge in [-0.2, -0.15) is 0 Å². The molecule has 160 valence electrons. The van der Waals surface area contributed by atoms with Crippen molar-refractivity contribution in [2.24, 2.45) is 4.99 Å². The smallest absolute Gasteiger partial charge is 0.263 e. The van der Waals surface area contributed by atoms with Gasteiger partial charge in [0.2, 0.25) is 0 Å². The highest BCUT2D eigenvalue weighted by Gasteiger charge is 2.35. The van der Waals surface area contributed by atoms with E-state index in [0.717, 1.165) is 16.8 Å². The van der Waals surface area contributed by atoms with Gasteiger partial charge in [0.05, 0.1) is 17.7 Å². The molecular weight excluding hydrogens is 412 g/mol.